The third-order valence-electron chi connectivity index (χ3n) is 2.27. The number of ether oxygens (including phenoxy) is 1. The van der Waals surface area contributed by atoms with Crippen molar-refractivity contribution in [2.24, 2.45) is 0 Å². The normalized spacial score (nSPS) is 23.8. The number of nitrogens with zero attached hydrogens (tertiary/aromatic N) is 2. The minimum Gasteiger partial charge on any atom is -0.453 e. The van der Waals surface area contributed by atoms with Crippen molar-refractivity contribution in [3.63, 3.8) is 0 Å². The number of methoxy groups -OCH3 is 1. The molecule has 1 heterocycles. The number of terminal acetylenes is 1. The quantitative estimate of drug-likeness (QED) is 0.494. The Morgan fingerprint density at radius 2 is 2.31 bits per heavy atom. The minimum absolute atomic E-state index is 0.00727. The Morgan fingerprint density at radius 3 is 2.85 bits per heavy atom. The Balaban J connectivity index is 2.55. The lowest BCUT2D eigenvalue weighted by atomic mass is 10.2. The predicted octanol–water partition coefficient (Wildman–Crippen LogP) is 0.00200. The minimum atomic E-state index is -0.298. The van der Waals surface area contributed by atoms with Crippen LogP contribution < -0.4 is 0 Å². The summed E-state index contributed by atoms with van der Waals surface area (Å²) in [6.45, 7) is 2.03. The molecule has 1 unspecified atom stereocenters. The molecule has 0 aromatic heterocycles. The number of carbonyl (C=O) groups is 1. The summed E-state index contributed by atoms with van der Waals surface area (Å²) in [5, 5.41) is 0. The molecule has 4 heteroatoms. The maximum absolute atomic E-state index is 11.2. The zero-order chi connectivity index (χ0) is 9.84. The summed E-state index contributed by atoms with van der Waals surface area (Å²) in [4.78, 5) is 14.8. The summed E-state index contributed by atoms with van der Waals surface area (Å²) >= 11 is 0. The van der Waals surface area contributed by atoms with Gasteiger partial charge in [0.05, 0.1) is 19.7 Å². The van der Waals surface area contributed by atoms with Gasteiger partial charge < -0.3 is 9.64 Å². The number of carbonyl (C=O) groups excluding carboxylic acids is 1. The highest BCUT2D eigenvalue weighted by molar-refractivity contribution is 5.67. The Morgan fingerprint density at radius 1 is 1.62 bits per heavy atom. The van der Waals surface area contributed by atoms with E-state index < -0.39 is 0 Å². The highest BCUT2D eigenvalue weighted by Gasteiger charge is 2.25. The van der Waals surface area contributed by atoms with E-state index in [2.05, 4.69) is 15.6 Å². The predicted molar refractivity (Wildman–Crippen MR) is 49.2 cm³/mol. The molecule has 1 rings (SSSR count). The molecule has 0 saturated carbocycles. The summed E-state index contributed by atoms with van der Waals surface area (Å²) in [6.07, 6.45) is 5.03. The Hall–Kier alpha value is -1.21. The van der Waals surface area contributed by atoms with E-state index in [4.69, 9.17) is 6.42 Å². The van der Waals surface area contributed by atoms with Crippen molar-refractivity contribution in [3.05, 3.63) is 0 Å². The van der Waals surface area contributed by atoms with E-state index in [1.807, 2.05) is 7.05 Å². The number of hydrogen-bond donors (Lipinski definition) is 0. The summed E-state index contributed by atoms with van der Waals surface area (Å²) in [7, 11) is 3.34. The van der Waals surface area contributed by atoms with E-state index in [-0.39, 0.29) is 12.1 Å². The smallest absolute Gasteiger partial charge is 0.409 e. The molecule has 13 heavy (non-hydrogen) atoms. The molecule has 1 fully saturated rings. The van der Waals surface area contributed by atoms with Crippen LogP contribution in [0.3, 0.4) is 0 Å². The van der Waals surface area contributed by atoms with Crippen LogP contribution in [-0.4, -0.2) is 55.7 Å². The van der Waals surface area contributed by atoms with Crippen LogP contribution in [0, 0.1) is 12.3 Å². The molecule has 0 bridgehead atoms. The van der Waals surface area contributed by atoms with Crippen LogP contribution in [0.4, 0.5) is 4.79 Å². The molecule has 0 aliphatic carbocycles. The first-order chi connectivity index (χ1) is 6.19. The average molecular weight is 182 g/mol. The van der Waals surface area contributed by atoms with Gasteiger partial charge in [0, 0.05) is 13.1 Å². The molecule has 0 aromatic rings. The maximum Gasteiger partial charge on any atom is 0.409 e. The van der Waals surface area contributed by atoms with Crippen molar-refractivity contribution in [1.82, 2.24) is 9.80 Å². The largest absolute Gasteiger partial charge is 0.453 e. The second-order valence-electron chi connectivity index (χ2n) is 3.08. The van der Waals surface area contributed by atoms with Crippen LogP contribution in [0.2, 0.25) is 0 Å². The fraction of sp³-hybridized carbons (Fsp3) is 0.667. The van der Waals surface area contributed by atoms with E-state index in [0.29, 0.717) is 13.1 Å². The lowest BCUT2D eigenvalue weighted by Crippen LogP contribution is -2.52. The zero-order valence-electron chi connectivity index (χ0n) is 7.99. The molecule has 0 radical (unpaired) electrons. The first kappa shape index (κ1) is 9.87. The number of likely N-dealkylation sites (N-methyl/N-ethyl adjacent to an activating group) is 1. The van der Waals surface area contributed by atoms with Gasteiger partial charge >= 0.3 is 6.09 Å². The van der Waals surface area contributed by atoms with Gasteiger partial charge in [-0.25, -0.2) is 4.79 Å². The molecular formula is C9H14N2O2. The van der Waals surface area contributed by atoms with Gasteiger partial charge in [-0.2, -0.15) is 0 Å². The van der Waals surface area contributed by atoms with Gasteiger partial charge in [-0.3, -0.25) is 4.90 Å². The Bertz CT molecular complexity index is 234. The first-order valence-electron chi connectivity index (χ1n) is 4.18. The summed E-state index contributed by atoms with van der Waals surface area (Å²) in [6, 6.07) is 0.00727. The molecule has 0 N–H and O–H groups in total. The fourth-order valence-electron chi connectivity index (χ4n) is 1.35. The van der Waals surface area contributed by atoms with Crippen LogP contribution in [0.15, 0.2) is 0 Å². The lowest BCUT2D eigenvalue weighted by Gasteiger charge is -2.35. The lowest BCUT2D eigenvalue weighted by molar-refractivity contribution is 0.0861. The van der Waals surface area contributed by atoms with E-state index in [1.54, 1.807) is 4.90 Å². The monoisotopic (exact) mass is 182 g/mol. The van der Waals surface area contributed by atoms with Crippen LogP contribution in [0.25, 0.3) is 0 Å². The number of amides is 1. The molecule has 1 aliphatic rings. The molecule has 0 spiro atoms. The molecule has 1 saturated heterocycles. The maximum atomic E-state index is 11.2. The second kappa shape index (κ2) is 4.15. The number of hydrogen-bond acceptors (Lipinski definition) is 3. The van der Waals surface area contributed by atoms with Crippen molar-refractivity contribution < 1.29 is 9.53 Å². The van der Waals surface area contributed by atoms with E-state index >= 15 is 0 Å². The third-order valence-corrected chi connectivity index (χ3v) is 2.27. The molecule has 1 aliphatic heterocycles. The molecule has 72 valence electrons. The molecule has 1 atom stereocenters. The molecule has 0 aromatic carbocycles. The fourth-order valence-corrected chi connectivity index (χ4v) is 1.35. The zero-order valence-corrected chi connectivity index (χ0v) is 7.99. The van der Waals surface area contributed by atoms with Gasteiger partial charge in [0.15, 0.2) is 0 Å². The Labute approximate surface area is 78.4 Å². The van der Waals surface area contributed by atoms with Crippen LogP contribution >= 0.6 is 0 Å². The standard InChI is InChI=1S/C9H14N2O2/c1-4-8-7-11(9(12)13-3)6-5-10(8)2/h1,8H,5-7H2,2-3H3. The van der Waals surface area contributed by atoms with Gasteiger partial charge in [-0.1, -0.05) is 5.92 Å². The second-order valence-corrected chi connectivity index (χ2v) is 3.08. The molecule has 4 nitrogen and oxygen atoms in total. The average Bonchev–Trinajstić information content (AvgIpc) is 2.17. The molecular weight excluding hydrogens is 168 g/mol. The topological polar surface area (TPSA) is 32.8 Å². The van der Waals surface area contributed by atoms with Crippen molar-refractivity contribution in [3.8, 4) is 12.3 Å². The summed E-state index contributed by atoms with van der Waals surface area (Å²) < 4.78 is 4.62. The van der Waals surface area contributed by atoms with Gasteiger partial charge in [0.1, 0.15) is 0 Å². The Kier molecular flexibility index (Phi) is 3.15. The SMILES string of the molecule is C#CC1CN(C(=O)OC)CCN1C. The number of rotatable bonds is 0. The third kappa shape index (κ3) is 2.13. The van der Waals surface area contributed by atoms with Gasteiger partial charge in [0.2, 0.25) is 0 Å². The van der Waals surface area contributed by atoms with Crippen LogP contribution in [-0.2, 0) is 4.74 Å². The van der Waals surface area contributed by atoms with Gasteiger partial charge in [-0.15, -0.1) is 6.42 Å². The van der Waals surface area contributed by atoms with Gasteiger partial charge in [-0.05, 0) is 7.05 Å². The highest BCUT2D eigenvalue weighted by Crippen LogP contribution is 2.07. The number of piperazine rings is 1. The van der Waals surface area contributed by atoms with E-state index in [1.165, 1.54) is 7.11 Å². The first-order valence-corrected chi connectivity index (χ1v) is 4.18. The van der Waals surface area contributed by atoms with Crippen molar-refractivity contribution in [2.45, 2.75) is 6.04 Å². The van der Waals surface area contributed by atoms with Crippen molar-refractivity contribution in [2.75, 3.05) is 33.8 Å². The van der Waals surface area contributed by atoms with Crippen molar-refractivity contribution in [1.29, 1.82) is 0 Å². The van der Waals surface area contributed by atoms with Crippen LogP contribution in [0.5, 0.6) is 0 Å². The molecule has 1 amide bonds. The van der Waals surface area contributed by atoms with E-state index in [9.17, 15) is 4.79 Å². The van der Waals surface area contributed by atoms with E-state index in [0.717, 1.165) is 6.54 Å². The highest BCUT2D eigenvalue weighted by atomic mass is 16.5. The summed E-state index contributed by atoms with van der Waals surface area (Å²) in [5.41, 5.74) is 0. The van der Waals surface area contributed by atoms with Gasteiger partial charge in [0.25, 0.3) is 0 Å². The summed E-state index contributed by atoms with van der Waals surface area (Å²) in [5.74, 6) is 2.64. The van der Waals surface area contributed by atoms with Crippen molar-refractivity contribution >= 4 is 6.09 Å². The van der Waals surface area contributed by atoms with Crippen LogP contribution in [0.1, 0.15) is 0 Å².